The number of carbonyl (C=O) groups is 2. The molecule has 0 saturated carbocycles. The Kier molecular flexibility index (Phi) is 4.19. The van der Waals surface area contributed by atoms with Gasteiger partial charge >= 0.3 is 5.97 Å². The summed E-state index contributed by atoms with van der Waals surface area (Å²) < 4.78 is 5.56. The Morgan fingerprint density at radius 2 is 2.28 bits per heavy atom. The lowest BCUT2D eigenvalue weighted by molar-refractivity contribution is -0.149. The Morgan fingerprint density at radius 1 is 1.50 bits per heavy atom. The summed E-state index contributed by atoms with van der Waals surface area (Å²) in [7, 11) is 1.72. The van der Waals surface area contributed by atoms with Gasteiger partial charge < -0.3 is 14.7 Å². The summed E-state index contributed by atoms with van der Waals surface area (Å²) in [6.07, 6.45) is 2.07. The number of hydrogen-bond donors (Lipinski definition) is 1. The minimum atomic E-state index is -0.930. The highest BCUT2D eigenvalue weighted by atomic mass is 16.5. The van der Waals surface area contributed by atoms with E-state index in [0.29, 0.717) is 13.1 Å². The zero-order valence-corrected chi connectivity index (χ0v) is 10.7. The summed E-state index contributed by atoms with van der Waals surface area (Å²) in [5, 5.41) is 8.92. The van der Waals surface area contributed by atoms with Gasteiger partial charge in [-0.15, -0.1) is 0 Å². The number of carboxylic acid groups (broad SMARTS) is 1. The highest BCUT2D eigenvalue weighted by molar-refractivity contribution is 5.86. The molecule has 6 heteroatoms. The average Bonchev–Trinajstić information content (AvgIpc) is 2.81. The maximum atomic E-state index is 12.0. The number of aliphatic carboxylic acids is 1. The molecule has 2 aliphatic heterocycles. The number of ether oxygens (including phenoxy) is 1. The van der Waals surface area contributed by atoms with Gasteiger partial charge in [0.25, 0.3) is 0 Å². The van der Waals surface area contributed by atoms with E-state index in [-0.39, 0.29) is 18.4 Å². The fourth-order valence-electron chi connectivity index (χ4n) is 2.61. The zero-order chi connectivity index (χ0) is 13.1. The van der Waals surface area contributed by atoms with E-state index in [1.165, 1.54) is 0 Å². The number of amides is 1. The molecule has 0 radical (unpaired) electrons. The molecule has 0 aromatic rings. The van der Waals surface area contributed by atoms with Crippen LogP contribution in [0.25, 0.3) is 0 Å². The lowest BCUT2D eigenvalue weighted by Gasteiger charge is -2.39. The van der Waals surface area contributed by atoms with E-state index >= 15 is 0 Å². The van der Waals surface area contributed by atoms with E-state index < -0.39 is 12.0 Å². The number of nitrogens with zero attached hydrogens (tertiary/aromatic N) is 2. The van der Waals surface area contributed by atoms with E-state index in [1.807, 2.05) is 4.90 Å². The van der Waals surface area contributed by atoms with Gasteiger partial charge in [0.15, 0.2) is 0 Å². The smallest absolute Gasteiger partial charge is 0.305 e. The first kappa shape index (κ1) is 13.3. The van der Waals surface area contributed by atoms with Crippen LogP contribution in [0.5, 0.6) is 0 Å². The summed E-state index contributed by atoms with van der Waals surface area (Å²) in [5.74, 6) is -1.03. The van der Waals surface area contributed by atoms with Crippen LogP contribution in [0.15, 0.2) is 0 Å². The largest absolute Gasteiger partial charge is 0.481 e. The molecule has 2 fully saturated rings. The van der Waals surface area contributed by atoms with Crippen LogP contribution in [0, 0.1) is 0 Å². The van der Waals surface area contributed by atoms with Gasteiger partial charge in [0.1, 0.15) is 6.04 Å². The lowest BCUT2D eigenvalue weighted by Crippen LogP contribution is -2.57. The van der Waals surface area contributed by atoms with Gasteiger partial charge in [0.2, 0.25) is 5.91 Å². The van der Waals surface area contributed by atoms with Crippen molar-refractivity contribution in [1.82, 2.24) is 9.80 Å². The van der Waals surface area contributed by atoms with Crippen molar-refractivity contribution in [3.63, 3.8) is 0 Å². The molecule has 102 valence electrons. The quantitative estimate of drug-likeness (QED) is 0.753. The molecule has 1 amide bonds. The van der Waals surface area contributed by atoms with Crippen LogP contribution in [0.2, 0.25) is 0 Å². The Labute approximate surface area is 106 Å². The van der Waals surface area contributed by atoms with Crippen molar-refractivity contribution in [1.29, 1.82) is 0 Å². The summed E-state index contributed by atoms with van der Waals surface area (Å²) in [6.45, 7) is 2.81. The van der Waals surface area contributed by atoms with Gasteiger partial charge in [-0.3, -0.25) is 14.5 Å². The second kappa shape index (κ2) is 5.67. The first-order chi connectivity index (χ1) is 8.58. The first-order valence-electron chi connectivity index (χ1n) is 6.40. The second-order valence-electron chi connectivity index (χ2n) is 5.00. The van der Waals surface area contributed by atoms with E-state index in [9.17, 15) is 9.59 Å². The van der Waals surface area contributed by atoms with Crippen LogP contribution in [0.3, 0.4) is 0 Å². The highest BCUT2D eigenvalue weighted by Gasteiger charge is 2.36. The highest BCUT2D eigenvalue weighted by Crippen LogP contribution is 2.19. The molecule has 2 atom stereocenters. The van der Waals surface area contributed by atoms with Gasteiger partial charge in [-0.1, -0.05) is 0 Å². The standard InChI is InChI=1S/C12H20N2O4/c1-13-4-5-14(8-9-3-2-6-18-9)10(12(13)17)7-11(15)16/h9-10H,2-8H2,1H3,(H,15,16). The minimum Gasteiger partial charge on any atom is -0.481 e. The normalized spacial score (nSPS) is 29.8. The van der Waals surface area contributed by atoms with Gasteiger partial charge in [-0.05, 0) is 12.8 Å². The summed E-state index contributed by atoms with van der Waals surface area (Å²) in [4.78, 5) is 26.5. The molecule has 0 bridgehead atoms. The Hall–Kier alpha value is -1.14. The third-order valence-corrected chi connectivity index (χ3v) is 3.65. The molecule has 2 saturated heterocycles. The van der Waals surface area contributed by atoms with Gasteiger partial charge in [0, 0.05) is 33.3 Å². The monoisotopic (exact) mass is 256 g/mol. The fraction of sp³-hybridized carbons (Fsp3) is 0.833. The van der Waals surface area contributed by atoms with Gasteiger partial charge in [-0.25, -0.2) is 0 Å². The van der Waals surface area contributed by atoms with E-state index in [0.717, 1.165) is 26.0 Å². The number of carbonyl (C=O) groups excluding carboxylic acids is 1. The molecule has 1 N–H and O–H groups in total. The van der Waals surface area contributed by atoms with Crippen LogP contribution in [-0.2, 0) is 14.3 Å². The van der Waals surface area contributed by atoms with Crippen LogP contribution in [0.1, 0.15) is 19.3 Å². The summed E-state index contributed by atoms with van der Waals surface area (Å²) in [6, 6.07) is -0.537. The fourth-order valence-corrected chi connectivity index (χ4v) is 2.61. The molecule has 0 aromatic carbocycles. The third kappa shape index (κ3) is 3.00. The van der Waals surface area contributed by atoms with Gasteiger partial charge in [0.05, 0.1) is 12.5 Å². The van der Waals surface area contributed by atoms with E-state index in [1.54, 1.807) is 11.9 Å². The van der Waals surface area contributed by atoms with Crippen LogP contribution < -0.4 is 0 Å². The SMILES string of the molecule is CN1CCN(CC2CCCO2)C(CC(=O)O)C1=O. The molecule has 2 rings (SSSR count). The van der Waals surface area contributed by atoms with Crippen LogP contribution in [0.4, 0.5) is 0 Å². The molecule has 2 aliphatic rings. The Balaban J connectivity index is 2.00. The lowest BCUT2D eigenvalue weighted by atomic mass is 10.1. The maximum absolute atomic E-state index is 12.0. The predicted molar refractivity (Wildman–Crippen MR) is 64.2 cm³/mol. The number of likely N-dealkylation sites (N-methyl/N-ethyl adjacent to an activating group) is 1. The summed E-state index contributed by atoms with van der Waals surface area (Å²) in [5.41, 5.74) is 0. The molecule has 0 aliphatic carbocycles. The number of carboxylic acids is 1. The molecule has 0 spiro atoms. The van der Waals surface area contributed by atoms with Gasteiger partial charge in [-0.2, -0.15) is 0 Å². The van der Waals surface area contributed by atoms with Crippen molar-refractivity contribution in [3.8, 4) is 0 Å². The number of hydrogen-bond acceptors (Lipinski definition) is 4. The van der Waals surface area contributed by atoms with Crippen molar-refractivity contribution >= 4 is 11.9 Å². The number of piperazine rings is 1. The van der Waals surface area contributed by atoms with Crippen LogP contribution in [-0.4, -0.2) is 72.2 Å². The van der Waals surface area contributed by atoms with E-state index in [4.69, 9.17) is 9.84 Å². The average molecular weight is 256 g/mol. The molecule has 2 unspecified atom stereocenters. The molecule has 0 aromatic heterocycles. The van der Waals surface area contributed by atoms with E-state index in [2.05, 4.69) is 0 Å². The van der Waals surface area contributed by atoms with Crippen molar-refractivity contribution in [2.24, 2.45) is 0 Å². The first-order valence-corrected chi connectivity index (χ1v) is 6.40. The minimum absolute atomic E-state index is 0.0957. The van der Waals surface area contributed by atoms with Crippen molar-refractivity contribution < 1.29 is 19.4 Å². The summed E-state index contributed by atoms with van der Waals surface area (Å²) >= 11 is 0. The molecular weight excluding hydrogens is 236 g/mol. The van der Waals surface area contributed by atoms with Crippen molar-refractivity contribution in [3.05, 3.63) is 0 Å². The number of rotatable bonds is 4. The zero-order valence-electron chi connectivity index (χ0n) is 10.7. The molecule has 18 heavy (non-hydrogen) atoms. The molecular formula is C12H20N2O4. The molecule has 6 nitrogen and oxygen atoms in total. The third-order valence-electron chi connectivity index (χ3n) is 3.65. The predicted octanol–water partition coefficient (Wildman–Crippen LogP) is -0.217. The molecule has 2 heterocycles. The Morgan fingerprint density at radius 3 is 2.89 bits per heavy atom. The Bertz CT molecular complexity index is 328. The topological polar surface area (TPSA) is 70.1 Å². The van der Waals surface area contributed by atoms with Crippen molar-refractivity contribution in [2.75, 3.05) is 33.3 Å². The van der Waals surface area contributed by atoms with Crippen molar-refractivity contribution in [2.45, 2.75) is 31.4 Å². The second-order valence-corrected chi connectivity index (χ2v) is 5.00. The maximum Gasteiger partial charge on any atom is 0.305 e. The van der Waals surface area contributed by atoms with Crippen LogP contribution >= 0.6 is 0 Å².